The highest BCUT2D eigenvalue weighted by Gasteiger charge is 2.19. The molecule has 0 spiro atoms. The fraction of sp³-hybridized carbons (Fsp3) is 0.211. The molecule has 3 aromatic heterocycles. The first-order chi connectivity index (χ1) is 13.6. The number of rotatable bonds is 5. The summed E-state index contributed by atoms with van der Waals surface area (Å²) in [7, 11) is 1.37. The first kappa shape index (κ1) is 17.7. The van der Waals surface area contributed by atoms with Crippen LogP contribution in [0.15, 0.2) is 41.2 Å². The Kier molecular flexibility index (Phi) is 4.48. The summed E-state index contributed by atoms with van der Waals surface area (Å²) < 4.78 is 11.5. The third kappa shape index (κ3) is 3.07. The lowest BCUT2D eigenvalue weighted by atomic mass is 10.1. The maximum absolute atomic E-state index is 11.7. The van der Waals surface area contributed by atoms with Gasteiger partial charge < -0.3 is 15.0 Å². The normalized spacial score (nSPS) is 11.1. The zero-order valence-electron chi connectivity index (χ0n) is 15.4. The van der Waals surface area contributed by atoms with Gasteiger partial charge in [0.05, 0.1) is 24.4 Å². The van der Waals surface area contributed by atoms with E-state index in [1.54, 1.807) is 12.3 Å². The SMILES string of the molecule is CCn1c(-c2nonc2N)nc2cnc(Cc3cccc(C(=O)OC)c3)cc21. The quantitative estimate of drug-likeness (QED) is 0.526. The summed E-state index contributed by atoms with van der Waals surface area (Å²) in [5.41, 5.74) is 10.2. The van der Waals surface area contributed by atoms with Crippen molar-refractivity contribution >= 4 is 22.8 Å². The number of nitrogens with two attached hydrogens (primary N) is 1. The molecule has 0 amide bonds. The van der Waals surface area contributed by atoms with Gasteiger partial charge in [-0.1, -0.05) is 12.1 Å². The van der Waals surface area contributed by atoms with Crippen LogP contribution in [0, 0.1) is 0 Å². The van der Waals surface area contributed by atoms with Gasteiger partial charge in [0.25, 0.3) is 0 Å². The van der Waals surface area contributed by atoms with Gasteiger partial charge in [0, 0.05) is 18.7 Å². The molecule has 0 radical (unpaired) electrons. The third-order valence-corrected chi connectivity index (χ3v) is 4.47. The Bertz CT molecular complexity index is 1160. The highest BCUT2D eigenvalue weighted by atomic mass is 16.6. The number of imidazole rings is 1. The standard InChI is InChI=1S/C19H18N6O3/c1-3-25-15-9-13(8-11-5-4-6-12(7-11)19(26)27-2)21-10-14(15)22-18(25)16-17(20)24-28-23-16/h4-7,9-10H,3,8H2,1-2H3,(H2,20,24). The van der Waals surface area contributed by atoms with Crippen molar-refractivity contribution in [2.24, 2.45) is 0 Å². The molecule has 4 rings (SSSR count). The van der Waals surface area contributed by atoms with Crippen LogP contribution in [0.4, 0.5) is 5.82 Å². The van der Waals surface area contributed by atoms with Crippen LogP contribution in [0.3, 0.4) is 0 Å². The van der Waals surface area contributed by atoms with E-state index in [1.165, 1.54) is 7.11 Å². The minimum atomic E-state index is -0.363. The van der Waals surface area contributed by atoms with Crippen molar-refractivity contribution < 1.29 is 14.2 Å². The summed E-state index contributed by atoms with van der Waals surface area (Å²) in [5, 5.41) is 7.48. The molecule has 142 valence electrons. The Balaban J connectivity index is 1.72. The number of carbonyl (C=O) groups is 1. The smallest absolute Gasteiger partial charge is 0.337 e. The molecular formula is C19H18N6O3. The van der Waals surface area contributed by atoms with Crippen molar-refractivity contribution in [2.45, 2.75) is 19.9 Å². The second kappa shape index (κ2) is 7.10. The Hall–Kier alpha value is -3.75. The van der Waals surface area contributed by atoms with Crippen molar-refractivity contribution in [3.63, 3.8) is 0 Å². The van der Waals surface area contributed by atoms with Gasteiger partial charge in [-0.25, -0.2) is 14.4 Å². The average molecular weight is 378 g/mol. The first-order valence-corrected chi connectivity index (χ1v) is 8.71. The maximum Gasteiger partial charge on any atom is 0.337 e. The molecule has 0 saturated heterocycles. The Morgan fingerprint density at radius 3 is 2.86 bits per heavy atom. The van der Waals surface area contributed by atoms with Crippen LogP contribution in [0.2, 0.25) is 0 Å². The largest absolute Gasteiger partial charge is 0.465 e. The van der Waals surface area contributed by atoms with Gasteiger partial charge in [-0.3, -0.25) is 4.98 Å². The summed E-state index contributed by atoms with van der Waals surface area (Å²) in [6.07, 6.45) is 2.28. The average Bonchev–Trinajstić information content (AvgIpc) is 3.29. The number of nitrogens with zero attached hydrogens (tertiary/aromatic N) is 5. The van der Waals surface area contributed by atoms with E-state index in [-0.39, 0.29) is 11.8 Å². The second-order valence-electron chi connectivity index (χ2n) is 6.21. The molecule has 0 unspecified atom stereocenters. The monoisotopic (exact) mass is 378 g/mol. The summed E-state index contributed by atoms with van der Waals surface area (Å²) in [6.45, 7) is 2.67. The molecule has 3 heterocycles. The third-order valence-electron chi connectivity index (χ3n) is 4.47. The minimum absolute atomic E-state index is 0.192. The predicted octanol–water partition coefficient (Wildman–Crippen LogP) is 2.46. The number of aromatic nitrogens is 5. The number of hydrogen-bond acceptors (Lipinski definition) is 8. The summed E-state index contributed by atoms with van der Waals surface area (Å²) >= 11 is 0. The molecule has 0 bridgehead atoms. The number of esters is 1. The van der Waals surface area contributed by atoms with Gasteiger partial charge in [-0.15, -0.1) is 0 Å². The fourth-order valence-corrected chi connectivity index (χ4v) is 3.15. The van der Waals surface area contributed by atoms with E-state index in [9.17, 15) is 4.79 Å². The number of anilines is 1. The number of fused-ring (bicyclic) bond motifs is 1. The fourth-order valence-electron chi connectivity index (χ4n) is 3.15. The molecule has 28 heavy (non-hydrogen) atoms. The molecule has 0 aliphatic carbocycles. The van der Waals surface area contributed by atoms with E-state index in [0.717, 1.165) is 22.3 Å². The van der Waals surface area contributed by atoms with Crippen molar-refractivity contribution in [1.29, 1.82) is 0 Å². The van der Waals surface area contributed by atoms with Crippen LogP contribution in [0.25, 0.3) is 22.6 Å². The molecule has 2 N–H and O–H groups in total. The van der Waals surface area contributed by atoms with Crippen molar-refractivity contribution in [3.05, 3.63) is 53.3 Å². The van der Waals surface area contributed by atoms with Crippen LogP contribution >= 0.6 is 0 Å². The topological polar surface area (TPSA) is 122 Å². The number of hydrogen-bond donors (Lipinski definition) is 1. The van der Waals surface area contributed by atoms with E-state index < -0.39 is 0 Å². The van der Waals surface area contributed by atoms with Crippen molar-refractivity contribution in [3.8, 4) is 11.5 Å². The molecule has 0 fully saturated rings. The van der Waals surface area contributed by atoms with Crippen molar-refractivity contribution in [2.75, 3.05) is 12.8 Å². The zero-order chi connectivity index (χ0) is 19.7. The predicted molar refractivity (Wildman–Crippen MR) is 101 cm³/mol. The van der Waals surface area contributed by atoms with Gasteiger partial charge in [-0.2, -0.15) is 0 Å². The van der Waals surface area contributed by atoms with Crippen molar-refractivity contribution in [1.82, 2.24) is 24.8 Å². The molecular weight excluding hydrogens is 360 g/mol. The number of benzene rings is 1. The number of aryl methyl sites for hydroxylation is 1. The van der Waals surface area contributed by atoms with E-state index >= 15 is 0 Å². The number of methoxy groups -OCH3 is 1. The minimum Gasteiger partial charge on any atom is -0.465 e. The Morgan fingerprint density at radius 1 is 1.29 bits per heavy atom. The Morgan fingerprint density at radius 2 is 2.14 bits per heavy atom. The molecule has 9 nitrogen and oxygen atoms in total. The Labute approximate surface area is 160 Å². The molecule has 1 aromatic carbocycles. The highest BCUT2D eigenvalue weighted by molar-refractivity contribution is 5.89. The van der Waals surface area contributed by atoms with Crippen LogP contribution in [0.5, 0.6) is 0 Å². The number of pyridine rings is 1. The first-order valence-electron chi connectivity index (χ1n) is 8.71. The molecule has 0 saturated carbocycles. The van der Waals surface area contributed by atoms with Gasteiger partial charge in [0.1, 0.15) is 5.52 Å². The van der Waals surface area contributed by atoms with E-state index in [1.807, 2.05) is 35.8 Å². The van der Waals surface area contributed by atoms with E-state index in [4.69, 9.17) is 15.1 Å². The summed E-state index contributed by atoms with van der Waals surface area (Å²) in [5.74, 6) is 0.415. The van der Waals surface area contributed by atoms with Crippen LogP contribution in [-0.2, 0) is 17.7 Å². The molecule has 0 atom stereocenters. The number of ether oxygens (including phenoxy) is 1. The van der Waals surface area contributed by atoms with Crippen LogP contribution in [-0.4, -0.2) is 37.9 Å². The number of nitrogen functional groups attached to an aromatic ring is 1. The highest BCUT2D eigenvalue weighted by Crippen LogP contribution is 2.27. The van der Waals surface area contributed by atoms with Crippen LogP contribution in [0.1, 0.15) is 28.5 Å². The lowest BCUT2D eigenvalue weighted by Gasteiger charge is -2.06. The second-order valence-corrected chi connectivity index (χ2v) is 6.21. The van der Waals surface area contributed by atoms with Gasteiger partial charge in [0.2, 0.25) is 0 Å². The van der Waals surface area contributed by atoms with Crippen LogP contribution < -0.4 is 5.73 Å². The van der Waals surface area contributed by atoms with Gasteiger partial charge in [0.15, 0.2) is 17.3 Å². The van der Waals surface area contributed by atoms with E-state index in [2.05, 4.69) is 20.3 Å². The van der Waals surface area contributed by atoms with E-state index in [0.29, 0.717) is 30.0 Å². The summed E-state index contributed by atoms with van der Waals surface area (Å²) in [4.78, 5) is 20.8. The number of carbonyl (C=O) groups excluding carboxylic acids is 1. The zero-order valence-corrected chi connectivity index (χ0v) is 15.4. The molecule has 4 aromatic rings. The maximum atomic E-state index is 11.7. The van der Waals surface area contributed by atoms with Gasteiger partial charge in [-0.05, 0) is 41.0 Å². The molecule has 0 aliphatic heterocycles. The summed E-state index contributed by atoms with van der Waals surface area (Å²) in [6, 6.07) is 9.28. The lowest BCUT2D eigenvalue weighted by molar-refractivity contribution is 0.0600. The molecule has 0 aliphatic rings. The van der Waals surface area contributed by atoms with Gasteiger partial charge >= 0.3 is 5.97 Å². The lowest BCUT2D eigenvalue weighted by Crippen LogP contribution is -2.02. The molecule has 9 heteroatoms.